The molecular weight excluding hydrogens is 410 g/mol. The smallest absolute Gasteiger partial charge is 0.328 e. The first-order valence-corrected chi connectivity index (χ1v) is 10.6. The van der Waals surface area contributed by atoms with Gasteiger partial charge in [0.2, 0.25) is 17.7 Å². The topological polar surface area (TPSA) is 133 Å². The molecule has 3 N–H and O–H groups in total. The van der Waals surface area contributed by atoms with Crippen LogP contribution in [-0.2, 0) is 11.2 Å². The van der Waals surface area contributed by atoms with Crippen molar-refractivity contribution in [2.24, 2.45) is 0 Å². The highest BCUT2D eigenvalue weighted by Gasteiger charge is 2.17. The lowest BCUT2D eigenvalue weighted by Gasteiger charge is -2.11. The second-order valence-corrected chi connectivity index (χ2v) is 7.78. The van der Waals surface area contributed by atoms with E-state index in [1.54, 1.807) is 12.1 Å². The van der Waals surface area contributed by atoms with Crippen LogP contribution in [0.2, 0.25) is 0 Å². The summed E-state index contributed by atoms with van der Waals surface area (Å²) in [4.78, 5) is 24.8. The normalized spacial score (nSPS) is 14.1. The Bertz CT molecular complexity index is 1210. The average molecular weight is 433 g/mol. The van der Waals surface area contributed by atoms with Gasteiger partial charge in [0.05, 0.1) is 6.26 Å². The molecule has 0 atom stereocenters. The Hall–Kier alpha value is -3.95. The molecule has 10 heteroatoms. The second kappa shape index (κ2) is 8.66. The van der Waals surface area contributed by atoms with Crippen LogP contribution in [0.4, 0.5) is 5.95 Å². The van der Waals surface area contributed by atoms with Crippen molar-refractivity contribution in [3.63, 3.8) is 0 Å². The summed E-state index contributed by atoms with van der Waals surface area (Å²) in [6.07, 6.45) is 7.27. The number of amides is 1. The Balaban J connectivity index is 1.22. The SMILES string of the molecule is Nc1nc(Oc2ccc(CCC(=O)NC3CCCC3)cc2)nc2nc(-c3ccco3)nn12. The van der Waals surface area contributed by atoms with Crippen LogP contribution in [0.1, 0.15) is 37.7 Å². The number of anilines is 1. The summed E-state index contributed by atoms with van der Waals surface area (Å²) in [5.74, 6) is 1.87. The lowest BCUT2D eigenvalue weighted by atomic mass is 10.1. The van der Waals surface area contributed by atoms with Gasteiger partial charge in [-0.25, -0.2) is 0 Å². The van der Waals surface area contributed by atoms with Crippen molar-refractivity contribution in [3.8, 4) is 23.3 Å². The van der Waals surface area contributed by atoms with Gasteiger partial charge in [-0.05, 0) is 49.1 Å². The van der Waals surface area contributed by atoms with E-state index in [4.69, 9.17) is 14.9 Å². The van der Waals surface area contributed by atoms with Gasteiger partial charge in [-0.2, -0.15) is 19.5 Å². The van der Waals surface area contributed by atoms with E-state index in [2.05, 4.69) is 25.4 Å². The maximum Gasteiger partial charge on any atom is 0.328 e. The predicted octanol–water partition coefficient (Wildman–Crippen LogP) is 3.15. The summed E-state index contributed by atoms with van der Waals surface area (Å²) >= 11 is 0. The first kappa shape index (κ1) is 20.0. The Morgan fingerprint density at radius 3 is 2.72 bits per heavy atom. The monoisotopic (exact) mass is 433 g/mol. The van der Waals surface area contributed by atoms with Gasteiger partial charge in [-0.15, -0.1) is 5.10 Å². The zero-order chi connectivity index (χ0) is 21.9. The van der Waals surface area contributed by atoms with Crippen LogP contribution in [0.15, 0.2) is 47.1 Å². The fourth-order valence-electron chi connectivity index (χ4n) is 3.80. The van der Waals surface area contributed by atoms with E-state index in [0.29, 0.717) is 36.2 Å². The fraction of sp³-hybridized carbons (Fsp3) is 0.318. The highest BCUT2D eigenvalue weighted by molar-refractivity contribution is 5.76. The molecule has 1 saturated carbocycles. The standard InChI is InChI=1S/C22H23N7O3/c23-20-26-22(27-21-25-19(28-29(20)21)17-6-3-13-31-17)32-16-10-7-14(8-11-16)9-12-18(30)24-15-4-1-2-5-15/h3,6-8,10-11,13,15H,1-2,4-5,9,12H2,(H,24,30)(H2,23,25,26,27,28). The number of hydrogen-bond donors (Lipinski definition) is 2. The molecule has 4 aromatic rings. The Kier molecular flexibility index (Phi) is 5.40. The number of furan rings is 1. The van der Waals surface area contributed by atoms with Crippen molar-refractivity contribution in [3.05, 3.63) is 48.2 Å². The number of aromatic nitrogens is 5. The zero-order valence-electron chi connectivity index (χ0n) is 17.4. The number of carbonyl (C=O) groups is 1. The third-order valence-electron chi connectivity index (χ3n) is 5.45. The van der Waals surface area contributed by atoms with Crippen molar-refractivity contribution in [2.45, 2.75) is 44.6 Å². The van der Waals surface area contributed by atoms with E-state index in [1.165, 1.54) is 23.6 Å². The lowest BCUT2D eigenvalue weighted by Crippen LogP contribution is -2.32. The van der Waals surface area contributed by atoms with Gasteiger partial charge in [-0.3, -0.25) is 4.79 Å². The molecule has 32 heavy (non-hydrogen) atoms. The number of aryl methyl sites for hydroxylation is 1. The maximum absolute atomic E-state index is 12.1. The van der Waals surface area contributed by atoms with E-state index in [0.717, 1.165) is 18.4 Å². The Morgan fingerprint density at radius 2 is 1.97 bits per heavy atom. The minimum Gasteiger partial charge on any atom is -0.461 e. The molecule has 0 radical (unpaired) electrons. The molecule has 0 unspecified atom stereocenters. The molecule has 0 bridgehead atoms. The van der Waals surface area contributed by atoms with Crippen LogP contribution in [0.3, 0.4) is 0 Å². The molecule has 5 rings (SSSR count). The van der Waals surface area contributed by atoms with Crippen molar-refractivity contribution in [1.29, 1.82) is 0 Å². The predicted molar refractivity (Wildman–Crippen MR) is 116 cm³/mol. The number of fused-ring (bicyclic) bond motifs is 1. The summed E-state index contributed by atoms with van der Waals surface area (Å²) in [5, 5.41) is 7.37. The van der Waals surface area contributed by atoms with Gasteiger partial charge in [0.25, 0.3) is 5.78 Å². The van der Waals surface area contributed by atoms with Gasteiger partial charge in [0.1, 0.15) is 5.75 Å². The molecule has 10 nitrogen and oxygen atoms in total. The quantitative estimate of drug-likeness (QED) is 0.454. The molecule has 1 amide bonds. The molecular formula is C22H23N7O3. The molecule has 3 heterocycles. The summed E-state index contributed by atoms with van der Waals surface area (Å²) < 4.78 is 12.4. The largest absolute Gasteiger partial charge is 0.461 e. The number of nitrogen functional groups attached to an aromatic ring is 1. The molecule has 1 aromatic carbocycles. The van der Waals surface area contributed by atoms with E-state index in [1.807, 2.05) is 24.3 Å². The molecule has 0 aliphatic heterocycles. The van der Waals surface area contributed by atoms with Gasteiger partial charge in [0.15, 0.2) is 5.76 Å². The van der Waals surface area contributed by atoms with E-state index in [-0.39, 0.29) is 23.6 Å². The van der Waals surface area contributed by atoms with Gasteiger partial charge >= 0.3 is 6.01 Å². The maximum atomic E-state index is 12.1. The lowest BCUT2D eigenvalue weighted by molar-refractivity contribution is -0.121. The highest BCUT2D eigenvalue weighted by atomic mass is 16.5. The van der Waals surface area contributed by atoms with Crippen molar-refractivity contribution >= 4 is 17.6 Å². The van der Waals surface area contributed by atoms with Crippen molar-refractivity contribution in [2.75, 3.05) is 5.73 Å². The summed E-state index contributed by atoms with van der Waals surface area (Å²) in [6, 6.07) is 11.4. The summed E-state index contributed by atoms with van der Waals surface area (Å²) in [6.45, 7) is 0. The molecule has 1 aliphatic rings. The number of rotatable bonds is 7. The van der Waals surface area contributed by atoms with E-state index in [9.17, 15) is 4.79 Å². The van der Waals surface area contributed by atoms with Gasteiger partial charge < -0.3 is 20.2 Å². The van der Waals surface area contributed by atoms with Crippen LogP contribution < -0.4 is 15.8 Å². The minimum atomic E-state index is 0.0667. The van der Waals surface area contributed by atoms with Crippen molar-refractivity contribution in [1.82, 2.24) is 29.9 Å². The third kappa shape index (κ3) is 4.39. The second-order valence-electron chi connectivity index (χ2n) is 7.78. The van der Waals surface area contributed by atoms with Crippen LogP contribution in [0.25, 0.3) is 17.4 Å². The molecule has 164 valence electrons. The summed E-state index contributed by atoms with van der Waals surface area (Å²) in [7, 11) is 0. The third-order valence-corrected chi connectivity index (χ3v) is 5.45. The van der Waals surface area contributed by atoms with E-state index >= 15 is 0 Å². The molecule has 1 aliphatic carbocycles. The van der Waals surface area contributed by atoms with Crippen LogP contribution in [-0.4, -0.2) is 36.5 Å². The first-order chi connectivity index (χ1) is 15.6. The van der Waals surface area contributed by atoms with Crippen molar-refractivity contribution < 1.29 is 13.9 Å². The molecule has 0 spiro atoms. The Labute approximate surface area is 183 Å². The zero-order valence-corrected chi connectivity index (χ0v) is 17.4. The number of nitrogens with one attached hydrogen (secondary N) is 1. The number of nitrogens with two attached hydrogens (primary N) is 1. The highest BCUT2D eigenvalue weighted by Crippen LogP contribution is 2.22. The number of ether oxygens (including phenoxy) is 1. The number of benzene rings is 1. The Morgan fingerprint density at radius 1 is 1.16 bits per heavy atom. The minimum absolute atomic E-state index is 0.0667. The van der Waals surface area contributed by atoms with Gasteiger partial charge in [0, 0.05) is 12.5 Å². The van der Waals surface area contributed by atoms with Crippen LogP contribution in [0.5, 0.6) is 11.8 Å². The van der Waals surface area contributed by atoms with Gasteiger partial charge in [-0.1, -0.05) is 25.0 Å². The summed E-state index contributed by atoms with van der Waals surface area (Å²) in [5.41, 5.74) is 7.04. The number of hydrogen-bond acceptors (Lipinski definition) is 8. The molecule has 1 fully saturated rings. The van der Waals surface area contributed by atoms with Crippen LogP contribution >= 0.6 is 0 Å². The number of nitrogens with zero attached hydrogens (tertiary/aromatic N) is 5. The number of carbonyl (C=O) groups excluding carboxylic acids is 1. The average Bonchev–Trinajstić information content (AvgIpc) is 3.55. The van der Waals surface area contributed by atoms with E-state index < -0.39 is 0 Å². The molecule has 0 saturated heterocycles. The first-order valence-electron chi connectivity index (χ1n) is 10.6. The molecule has 3 aromatic heterocycles. The van der Waals surface area contributed by atoms with Crippen LogP contribution in [0, 0.1) is 0 Å². The fourth-order valence-corrected chi connectivity index (χ4v) is 3.80.